The topological polar surface area (TPSA) is 36.1 Å². The summed E-state index contributed by atoms with van der Waals surface area (Å²) in [7, 11) is 0. The average molecular weight is 215 g/mol. The average Bonchev–Trinajstić information content (AvgIpc) is 2.26. The quantitative estimate of drug-likeness (QED) is 0.482. The van der Waals surface area contributed by atoms with Crippen molar-refractivity contribution in [1.29, 1.82) is 0 Å². The fourth-order valence-electron chi connectivity index (χ4n) is 1.23. The smallest absolute Gasteiger partial charge is 0.00792 e. The molecule has 0 heterocycles. The molecule has 0 aliphatic heterocycles. The van der Waals surface area contributed by atoms with Crippen LogP contribution in [0.5, 0.6) is 0 Å². The van der Waals surface area contributed by atoms with E-state index in [0.29, 0.717) is 12.1 Å². The molecule has 0 aromatic carbocycles. The highest BCUT2D eigenvalue weighted by Crippen LogP contribution is 1.86. The summed E-state index contributed by atoms with van der Waals surface area (Å²) >= 11 is 0. The normalized spacial score (nSPS) is 15.2. The third kappa shape index (κ3) is 10.2. The van der Waals surface area contributed by atoms with Crippen molar-refractivity contribution in [1.82, 2.24) is 16.0 Å². The van der Waals surface area contributed by atoms with Crippen LogP contribution in [0.4, 0.5) is 0 Å². The zero-order chi connectivity index (χ0) is 11.5. The molecule has 92 valence electrons. The second kappa shape index (κ2) is 10.4. The highest BCUT2D eigenvalue weighted by molar-refractivity contribution is 4.61. The molecule has 15 heavy (non-hydrogen) atoms. The van der Waals surface area contributed by atoms with Gasteiger partial charge in [0.2, 0.25) is 0 Å². The number of hydrogen-bond acceptors (Lipinski definition) is 3. The Hall–Kier alpha value is -0.120. The van der Waals surface area contributed by atoms with E-state index in [2.05, 4.69) is 43.6 Å². The molecule has 2 atom stereocenters. The molecule has 0 aromatic rings. The monoisotopic (exact) mass is 215 g/mol. The van der Waals surface area contributed by atoms with Gasteiger partial charge in [-0.15, -0.1) is 0 Å². The van der Waals surface area contributed by atoms with Gasteiger partial charge in [0.25, 0.3) is 0 Å². The van der Waals surface area contributed by atoms with Gasteiger partial charge >= 0.3 is 0 Å². The summed E-state index contributed by atoms with van der Waals surface area (Å²) in [6.45, 7) is 13.1. The van der Waals surface area contributed by atoms with Gasteiger partial charge in [-0.05, 0) is 26.7 Å². The fraction of sp³-hybridized carbons (Fsp3) is 1.00. The Morgan fingerprint density at radius 3 is 1.47 bits per heavy atom. The Morgan fingerprint density at radius 1 is 0.733 bits per heavy atom. The Balaban J connectivity index is 3.05. The molecule has 0 bridgehead atoms. The van der Waals surface area contributed by atoms with Crippen molar-refractivity contribution in [3.8, 4) is 0 Å². The zero-order valence-corrected chi connectivity index (χ0v) is 10.9. The van der Waals surface area contributed by atoms with Crippen LogP contribution in [-0.2, 0) is 0 Å². The fourth-order valence-corrected chi connectivity index (χ4v) is 1.23. The molecule has 0 amide bonds. The van der Waals surface area contributed by atoms with Gasteiger partial charge in [0.15, 0.2) is 0 Å². The summed E-state index contributed by atoms with van der Waals surface area (Å²) in [6.07, 6.45) is 2.41. The van der Waals surface area contributed by atoms with Crippen molar-refractivity contribution >= 4 is 0 Å². The number of hydrogen-bond donors (Lipinski definition) is 3. The maximum Gasteiger partial charge on any atom is 0.00792 e. The van der Waals surface area contributed by atoms with Crippen LogP contribution in [0.3, 0.4) is 0 Å². The highest BCUT2D eigenvalue weighted by Gasteiger charge is 1.97. The highest BCUT2D eigenvalue weighted by atomic mass is 15.0. The summed E-state index contributed by atoms with van der Waals surface area (Å²) in [4.78, 5) is 0. The minimum Gasteiger partial charge on any atom is -0.314 e. The van der Waals surface area contributed by atoms with Crippen molar-refractivity contribution in [3.63, 3.8) is 0 Å². The molecule has 0 rings (SSSR count). The lowest BCUT2D eigenvalue weighted by molar-refractivity contribution is 0.494. The molecule has 0 fully saturated rings. The van der Waals surface area contributed by atoms with Crippen molar-refractivity contribution in [2.45, 2.75) is 52.6 Å². The Labute approximate surface area is 95.4 Å². The minimum atomic E-state index is 0.644. The summed E-state index contributed by atoms with van der Waals surface area (Å²) in [6, 6.07) is 1.29. The van der Waals surface area contributed by atoms with Crippen molar-refractivity contribution in [3.05, 3.63) is 0 Å². The lowest BCUT2D eigenvalue weighted by Crippen LogP contribution is -2.37. The first-order valence-corrected chi connectivity index (χ1v) is 6.38. The molecular formula is C12H29N3. The summed E-state index contributed by atoms with van der Waals surface area (Å²) < 4.78 is 0. The Bertz CT molecular complexity index is 114. The molecule has 0 radical (unpaired) electrons. The van der Waals surface area contributed by atoms with E-state index in [1.54, 1.807) is 0 Å². The van der Waals surface area contributed by atoms with Crippen LogP contribution in [0.2, 0.25) is 0 Å². The lowest BCUT2D eigenvalue weighted by Gasteiger charge is -2.13. The molecule has 0 saturated carbocycles. The first-order valence-electron chi connectivity index (χ1n) is 6.38. The van der Waals surface area contributed by atoms with Gasteiger partial charge in [-0.1, -0.05) is 13.8 Å². The molecule has 0 aromatic heterocycles. The van der Waals surface area contributed by atoms with Crippen LogP contribution in [0, 0.1) is 0 Å². The van der Waals surface area contributed by atoms with E-state index in [1.807, 2.05) is 0 Å². The molecule has 0 spiro atoms. The predicted molar refractivity (Wildman–Crippen MR) is 68.4 cm³/mol. The van der Waals surface area contributed by atoms with Crippen LogP contribution in [-0.4, -0.2) is 38.3 Å². The summed E-state index contributed by atoms with van der Waals surface area (Å²) in [5, 5.41) is 10.3. The van der Waals surface area contributed by atoms with E-state index in [9.17, 15) is 0 Å². The molecule has 3 N–H and O–H groups in total. The maximum atomic E-state index is 3.46. The van der Waals surface area contributed by atoms with Crippen LogP contribution in [0.1, 0.15) is 40.5 Å². The molecular weight excluding hydrogens is 186 g/mol. The van der Waals surface area contributed by atoms with Crippen molar-refractivity contribution in [2.75, 3.05) is 26.2 Å². The number of rotatable bonds is 10. The first kappa shape index (κ1) is 14.9. The molecule has 0 saturated heterocycles. The Morgan fingerprint density at radius 2 is 1.13 bits per heavy atom. The van der Waals surface area contributed by atoms with E-state index in [4.69, 9.17) is 0 Å². The van der Waals surface area contributed by atoms with E-state index in [1.165, 1.54) is 12.8 Å². The van der Waals surface area contributed by atoms with Gasteiger partial charge < -0.3 is 16.0 Å². The van der Waals surface area contributed by atoms with Crippen molar-refractivity contribution < 1.29 is 0 Å². The van der Waals surface area contributed by atoms with Gasteiger partial charge in [0, 0.05) is 38.3 Å². The van der Waals surface area contributed by atoms with E-state index < -0.39 is 0 Å². The molecule has 3 nitrogen and oxygen atoms in total. The van der Waals surface area contributed by atoms with Gasteiger partial charge in [0.05, 0.1) is 0 Å². The van der Waals surface area contributed by atoms with E-state index in [0.717, 1.165) is 26.2 Å². The zero-order valence-electron chi connectivity index (χ0n) is 10.9. The molecule has 0 aliphatic rings. The van der Waals surface area contributed by atoms with Gasteiger partial charge in [-0.2, -0.15) is 0 Å². The van der Waals surface area contributed by atoms with E-state index in [-0.39, 0.29) is 0 Å². The van der Waals surface area contributed by atoms with Gasteiger partial charge in [0.1, 0.15) is 0 Å². The first-order chi connectivity index (χ1) is 7.20. The second-order valence-corrected chi connectivity index (χ2v) is 4.28. The summed E-state index contributed by atoms with van der Waals surface area (Å²) in [5.41, 5.74) is 0. The Kier molecular flexibility index (Phi) is 10.3. The van der Waals surface area contributed by atoms with E-state index >= 15 is 0 Å². The molecule has 0 unspecified atom stereocenters. The minimum absolute atomic E-state index is 0.644. The number of nitrogens with one attached hydrogen (secondary N) is 3. The SMILES string of the molecule is CC[C@@H](C)NCCNCCN[C@H](C)CC. The van der Waals surface area contributed by atoms with Gasteiger partial charge in [-0.25, -0.2) is 0 Å². The van der Waals surface area contributed by atoms with Crippen LogP contribution >= 0.6 is 0 Å². The third-order valence-corrected chi connectivity index (χ3v) is 2.81. The third-order valence-electron chi connectivity index (χ3n) is 2.81. The second-order valence-electron chi connectivity index (χ2n) is 4.28. The van der Waals surface area contributed by atoms with Crippen molar-refractivity contribution in [2.24, 2.45) is 0 Å². The van der Waals surface area contributed by atoms with Crippen LogP contribution in [0.15, 0.2) is 0 Å². The molecule has 3 heteroatoms. The largest absolute Gasteiger partial charge is 0.314 e. The predicted octanol–water partition coefficient (Wildman–Crippen LogP) is 1.35. The van der Waals surface area contributed by atoms with Gasteiger partial charge in [-0.3, -0.25) is 0 Å². The standard InChI is InChI=1S/C12H29N3/c1-5-11(3)14-9-7-13-8-10-15-12(4)6-2/h11-15H,5-10H2,1-4H3/t11-,12-/m1/s1. The molecule has 0 aliphatic carbocycles. The lowest BCUT2D eigenvalue weighted by atomic mass is 10.2. The van der Waals surface area contributed by atoms with Crippen LogP contribution < -0.4 is 16.0 Å². The maximum absolute atomic E-state index is 3.46. The summed E-state index contributed by atoms with van der Waals surface area (Å²) in [5.74, 6) is 0. The van der Waals surface area contributed by atoms with Crippen LogP contribution in [0.25, 0.3) is 0 Å².